The number of ether oxygens (including phenoxy) is 1. The summed E-state index contributed by atoms with van der Waals surface area (Å²) in [6.45, 7) is 0. The molecular formula is C13H12F3NO2. The molecule has 0 spiro atoms. The Labute approximate surface area is 107 Å². The molecule has 1 atom stereocenters. The minimum Gasteiger partial charge on any atom is -0.497 e. The van der Waals surface area contributed by atoms with E-state index in [-0.39, 0.29) is 11.3 Å². The average molecular weight is 271 g/mol. The van der Waals surface area contributed by atoms with Crippen molar-refractivity contribution in [1.29, 1.82) is 0 Å². The van der Waals surface area contributed by atoms with E-state index in [0.717, 1.165) is 0 Å². The lowest BCUT2D eigenvalue weighted by atomic mass is 9.89. The van der Waals surface area contributed by atoms with Gasteiger partial charge in [0.15, 0.2) is 0 Å². The number of rotatable bonds is 3. The molecule has 2 rings (SSSR count). The fourth-order valence-corrected chi connectivity index (χ4v) is 1.86. The molecule has 0 amide bonds. The normalized spacial score (nSPS) is 15.0. The summed E-state index contributed by atoms with van der Waals surface area (Å²) < 4.78 is 44.6. The van der Waals surface area contributed by atoms with Crippen LogP contribution in [0.4, 0.5) is 13.2 Å². The van der Waals surface area contributed by atoms with Gasteiger partial charge in [0.25, 0.3) is 0 Å². The van der Waals surface area contributed by atoms with Crippen molar-refractivity contribution < 1.29 is 23.0 Å². The number of alkyl halides is 3. The zero-order valence-corrected chi connectivity index (χ0v) is 10.0. The van der Waals surface area contributed by atoms with Crippen molar-refractivity contribution in [2.75, 3.05) is 7.11 Å². The van der Waals surface area contributed by atoms with Gasteiger partial charge in [-0.05, 0) is 29.8 Å². The number of aromatic amines is 1. The molecule has 0 aliphatic carbocycles. The van der Waals surface area contributed by atoms with E-state index >= 15 is 0 Å². The molecule has 102 valence electrons. The van der Waals surface area contributed by atoms with Gasteiger partial charge in [0.2, 0.25) is 5.60 Å². The van der Waals surface area contributed by atoms with E-state index in [0.29, 0.717) is 5.75 Å². The molecular weight excluding hydrogens is 259 g/mol. The third kappa shape index (κ3) is 2.19. The predicted octanol–water partition coefficient (Wildman–Crippen LogP) is 2.82. The zero-order valence-electron chi connectivity index (χ0n) is 10.0. The number of hydrogen-bond acceptors (Lipinski definition) is 2. The van der Waals surface area contributed by atoms with Crippen molar-refractivity contribution in [1.82, 2.24) is 4.98 Å². The molecule has 2 N–H and O–H groups in total. The van der Waals surface area contributed by atoms with E-state index in [9.17, 15) is 18.3 Å². The van der Waals surface area contributed by atoms with Gasteiger partial charge < -0.3 is 14.8 Å². The van der Waals surface area contributed by atoms with E-state index in [2.05, 4.69) is 4.98 Å². The minimum absolute atomic E-state index is 0.275. The van der Waals surface area contributed by atoms with Crippen molar-refractivity contribution in [3.8, 4) is 5.75 Å². The highest BCUT2D eigenvalue weighted by Crippen LogP contribution is 2.43. The number of methoxy groups -OCH3 is 1. The van der Waals surface area contributed by atoms with Crippen LogP contribution in [-0.4, -0.2) is 23.4 Å². The summed E-state index contributed by atoms with van der Waals surface area (Å²) in [5, 5.41) is 10.1. The molecule has 0 fully saturated rings. The summed E-state index contributed by atoms with van der Waals surface area (Å²) in [6.07, 6.45) is -3.51. The topological polar surface area (TPSA) is 45.2 Å². The third-order valence-corrected chi connectivity index (χ3v) is 2.91. The van der Waals surface area contributed by atoms with Crippen LogP contribution in [0.5, 0.6) is 5.75 Å². The minimum atomic E-state index is -4.84. The molecule has 0 aliphatic heterocycles. The summed E-state index contributed by atoms with van der Waals surface area (Å²) in [6, 6.07) is 7.71. The second-order valence-corrected chi connectivity index (χ2v) is 4.02. The molecule has 3 nitrogen and oxygen atoms in total. The highest BCUT2D eigenvalue weighted by atomic mass is 19.4. The van der Waals surface area contributed by atoms with Gasteiger partial charge in [-0.2, -0.15) is 13.2 Å². The van der Waals surface area contributed by atoms with Crippen LogP contribution >= 0.6 is 0 Å². The molecule has 1 heterocycles. The summed E-state index contributed by atoms with van der Waals surface area (Å²) in [7, 11) is 1.41. The summed E-state index contributed by atoms with van der Waals surface area (Å²) in [5.74, 6) is 0.416. The second kappa shape index (κ2) is 4.62. The van der Waals surface area contributed by atoms with E-state index < -0.39 is 11.8 Å². The molecule has 1 aromatic heterocycles. The fourth-order valence-electron chi connectivity index (χ4n) is 1.86. The van der Waals surface area contributed by atoms with Gasteiger partial charge in [-0.1, -0.05) is 12.1 Å². The molecule has 0 aliphatic rings. The molecule has 1 aromatic carbocycles. The number of aliphatic hydroxyl groups is 1. The molecule has 0 radical (unpaired) electrons. The SMILES string of the molecule is COc1ccc([C@@](O)(c2ccc[nH]2)C(F)(F)F)cc1. The van der Waals surface area contributed by atoms with Gasteiger partial charge in [-0.25, -0.2) is 0 Å². The van der Waals surface area contributed by atoms with Gasteiger partial charge >= 0.3 is 6.18 Å². The first-order valence-corrected chi connectivity index (χ1v) is 5.47. The summed E-state index contributed by atoms with van der Waals surface area (Å²) in [5.41, 5.74) is -3.67. The Morgan fingerprint density at radius 1 is 1.11 bits per heavy atom. The standard InChI is InChI=1S/C13H12F3NO2/c1-19-10-6-4-9(5-7-10)12(18,13(14,15)16)11-3-2-8-17-11/h2-8,17-18H,1H3/t12-/m1/s1. The van der Waals surface area contributed by atoms with Crippen LogP contribution < -0.4 is 4.74 Å². The molecule has 0 saturated heterocycles. The van der Waals surface area contributed by atoms with E-state index in [1.165, 1.54) is 49.7 Å². The average Bonchev–Trinajstić information content (AvgIpc) is 2.90. The van der Waals surface area contributed by atoms with Gasteiger partial charge in [-0.3, -0.25) is 0 Å². The smallest absolute Gasteiger partial charge is 0.427 e. The van der Waals surface area contributed by atoms with Crippen LogP contribution in [0.15, 0.2) is 42.6 Å². The number of H-pyrrole nitrogens is 1. The number of nitrogens with one attached hydrogen (secondary N) is 1. The van der Waals surface area contributed by atoms with Crippen LogP contribution in [0.1, 0.15) is 11.3 Å². The third-order valence-electron chi connectivity index (χ3n) is 2.91. The monoisotopic (exact) mass is 271 g/mol. The molecule has 19 heavy (non-hydrogen) atoms. The molecule has 2 aromatic rings. The molecule has 0 bridgehead atoms. The number of benzene rings is 1. The van der Waals surface area contributed by atoms with Crippen molar-refractivity contribution in [2.24, 2.45) is 0 Å². The first-order chi connectivity index (χ1) is 8.89. The van der Waals surface area contributed by atoms with Crippen molar-refractivity contribution in [2.45, 2.75) is 11.8 Å². The Morgan fingerprint density at radius 2 is 1.74 bits per heavy atom. The highest BCUT2D eigenvalue weighted by Gasteiger charge is 2.57. The lowest BCUT2D eigenvalue weighted by Crippen LogP contribution is -2.43. The van der Waals surface area contributed by atoms with E-state index in [1.54, 1.807) is 0 Å². The summed E-state index contributed by atoms with van der Waals surface area (Å²) in [4.78, 5) is 2.41. The van der Waals surface area contributed by atoms with Gasteiger partial charge in [0.1, 0.15) is 5.75 Å². The Balaban J connectivity index is 2.55. The van der Waals surface area contributed by atoms with Crippen LogP contribution in [0.25, 0.3) is 0 Å². The Bertz CT molecular complexity index is 534. The molecule has 0 saturated carbocycles. The van der Waals surface area contributed by atoms with Crippen LogP contribution in [0.2, 0.25) is 0 Å². The summed E-state index contributed by atoms with van der Waals surface area (Å²) >= 11 is 0. The molecule has 6 heteroatoms. The van der Waals surface area contributed by atoms with Crippen molar-refractivity contribution in [3.05, 3.63) is 53.9 Å². The van der Waals surface area contributed by atoms with Crippen LogP contribution in [0.3, 0.4) is 0 Å². The Kier molecular flexibility index (Phi) is 3.28. The molecule has 0 unspecified atom stereocenters. The van der Waals surface area contributed by atoms with Crippen molar-refractivity contribution >= 4 is 0 Å². The number of aromatic nitrogens is 1. The Hall–Kier alpha value is -1.95. The second-order valence-electron chi connectivity index (χ2n) is 4.02. The predicted molar refractivity (Wildman–Crippen MR) is 62.8 cm³/mol. The maximum Gasteiger partial charge on any atom is 0.427 e. The Morgan fingerprint density at radius 3 is 2.16 bits per heavy atom. The quantitative estimate of drug-likeness (QED) is 0.901. The van der Waals surface area contributed by atoms with Crippen molar-refractivity contribution in [3.63, 3.8) is 0 Å². The highest BCUT2D eigenvalue weighted by molar-refractivity contribution is 5.38. The van der Waals surface area contributed by atoms with E-state index in [4.69, 9.17) is 4.74 Å². The van der Waals surface area contributed by atoms with Gasteiger partial charge in [0, 0.05) is 6.20 Å². The zero-order chi connectivity index (χ0) is 14.1. The van der Waals surface area contributed by atoms with E-state index in [1.807, 2.05) is 0 Å². The van der Waals surface area contributed by atoms with Gasteiger partial charge in [0.05, 0.1) is 12.8 Å². The first kappa shape index (κ1) is 13.5. The fraction of sp³-hybridized carbons (Fsp3) is 0.231. The maximum atomic E-state index is 13.2. The first-order valence-electron chi connectivity index (χ1n) is 5.47. The number of hydrogen-bond donors (Lipinski definition) is 2. The maximum absolute atomic E-state index is 13.2. The lowest BCUT2D eigenvalue weighted by molar-refractivity contribution is -0.249. The van der Waals surface area contributed by atoms with Crippen LogP contribution in [-0.2, 0) is 5.60 Å². The van der Waals surface area contributed by atoms with Crippen LogP contribution in [0, 0.1) is 0 Å². The lowest BCUT2D eigenvalue weighted by Gasteiger charge is -2.30. The largest absolute Gasteiger partial charge is 0.497 e. The van der Waals surface area contributed by atoms with Gasteiger partial charge in [-0.15, -0.1) is 0 Å². The number of halogens is 3.